The normalized spacial score (nSPS) is 13.6. The summed E-state index contributed by atoms with van der Waals surface area (Å²) in [5, 5.41) is 20.5. The van der Waals surface area contributed by atoms with Crippen LogP contribution in [-0.2, 0) is 9.59 Å². The highest BCUT2D eigenvalue weighted by molar-refractivity contribution is 7.99. The van der Waals surface area contributed by atoms with Crippen molar-refractivity contribution in [3.63, 3.8) is 0 Å². The molecule has 0 bridgehead atoms. The molecule has 0 spiro atoms. The van der Waals surface area contributed by atoms with E-state index in [0.29, 0.717) is 0 Å². The molecule has 104 valence electrons. The van der Waals surface area contributed by atoms with Crippen molar-refractivity contribution in [2.45, 2.75) is 18.2 Å². The molecule has 0 aromatic heterocycles. The molecule has 3 N–H and O–H groups in total. The molecule has 1 rings (SSSR count). The van der Waals surface area contributed by atoms with Gasteiger partial charge in [0.05, 0.1) is 11.9 Å². The maximum atomic E-state index is 11.0. The maximum absolute atomic E-state index is 11.0. The molecule has 0 fully saturated rings. The number of carboxylic acid groups (broad SMARTS) is 1. The molecule has 1 aromatic rings. The Hall–Kier alpha value is -1.53. The topological polar surface area (TPSA) is 86.6 Å². The summed E-state index contributed by atoms with van der Waals surface area (Å²) in [7, 11) is 0. The largest absolute Gasteiger partial charge is 0.480 e. The van der Waals surface area contributed by atoms with E-state index in [1.54, 1.807) is 0 Å². The molecule has 0 saturated heterocycles. The van der Waals surface area contributed by atoms with Gasteiger partial charge in [-0.05, 0) is 5.56 Å². The number of hydrogen-bond acceptors (Lipinski definition) is 4. The summed E-state index contributed by atoms with van der Waals surface area (Å²) < 4.78 is 0. The molecule has 0 aliphatic carbocycles. The van der Waals surface area contributed by atoms with Crippen LogP contribution in [0.2, 0.25) is 0 Å². The van der Waals surface area contributed by atoms with Gasteiger partial charge in [0.15, 0.2) is 0 Å². The summed E-state index contributed by atoms with van der Waals surface area (Å²) in [6.07, 6.45) is 0. The molecule has 0 aliphatic rings. The fourth-order valence-electron chi connectivity index (χ4n) is 1.55. The average molecular weight is 283 g/mol. The SMILES string of the molecule is CC(=O)N[C@H](CSC(CO)c1ccccc1)C(=O)O. The third-order valence-corrected chi connectivity index (χ3v) is 3.83. The van der Waals surface area contributed by atoms with Crippen LogP contribution in [0.3, 0.4) is 0 Å². The molecule has 1 unspecified atom stereocenters. The Labute approximate surface area is 116 Å². The fraction of sp³-hybridized carbons (Fsp3) is 0.385. The molecular formula is C13H17NO4S. The van der Waals surface area contributed by atoms with Gasteiger partial charge in [0.25, 0.3) is 0 Å². The molecule has 1 aromatic carbocycles. The molecule has 1 amide bonds. The van der Waals surface area contributed by atoms with Gasteiger partial charge in [-0.3, -0.25) is 4.79 Å². The second-order valence-electron chi connectivity index (χ2n) is 4.01. The number of benzene rings is 1. The molecule has 0 heterocycles. The van der Waals surface area contributed by atoms with Gasteiger partial charge in [-0.25, -0.2) is 4.79 Å². The third-order valence-electron chi connectivity index (χ3n) is 2.48. The number of rotatable bonds is 7. The lowest BCUT2D eigenvalue weighted by Crippen LogP contribution is -2.41. The van der Waals surface area contributed by atoms with Crippen molar-refractivity contribution in [1.82, 2.24) is 5.32 Å². The number of carbonyl (C=O) groups is 2. The summed E-state index contributed by atoms with van der Waals surface area (Å²) >= 11 is 1.31. The minimum Gasteiger partial charge on any atom is -0.480 e. The predicted molar refractivity (Wildman–Crippen MR) is 74.0 cm³/mol. The van der Waals surface area contributed by atoms with Crippen LogP contribution in [0.4, 0.5) is 0 Å². The van der Waals surface area contributed by atoms with E-state index in [2.05, 4.69) is 5.32 Å². The summed E-state index contributed by atoms with van der Waals surface area (Å²) in [6, 6.07) is 8.41. The van der Waals surface area contributed by atoms with E-state index in [9.17, 15) is 14.7 Å². The van der Waals surface area contributed by atoms with Gasteiger partial charge in [-0.2, -0.15) is 0 Å². The number of aliphatic hydroxyl groups is 1. The Balaban J connectivity index is 2.61. The van der Waals surface area contributed by atoms with Gasteiger partial charge in [-0.15, -0.1) is 11.8 Å². The lowest BCUT2D eigenvalue weighted by atomic mass is 10.2. The van der Waals surface area contributed by atoms with Crippen LogP contribution < -0.4 is 5.32 Å². The predicted octanol–water partition coefficient (Wildman–Crippen LogP) is 1.04. The van der Waals surface area contributed by atoms with E-state index >= 15 is 0 Å². The molecule has 0 saturated carbocycles. The molecule has 2 atom stereocenters. The number of carboxylic acids is 1. The second-order valence-corrected chi connectivity index (χ2v) is 5.24. The van der Waals surface area contributed by atoms with Crippen molar-refractivity contribution in [2.24, 2.45) is 0 Å². The zero-order valence-electron chi connectivity index (χ0n) is 10.6. The van der Waals surface area contributed by atoms with Gasteiger partial charge < -0.3 is 15.5 Å². The molecule has 5 nitrogen and oxygen atoms in total. The summed E-state index contributed by atoms with van der Waals surface area (Å²) in [5.74, 6) is -1.25. The van der Waals surface area contributed by atoms with Crippen LogP contribution in [0.1, 0.15) is 17.7 Å². The zero-order chi connectivity index (χ0) is 14.3. The van der Waals surface area contributed by atoms with E-state index in [-0.39, 0.29) is 23.5 Å². The van der Waals surface area contributed by atoms with Gasteiger partial charge in [0.1, 0.15) is 6.04 Å². The molecule has 19 heavy (non-hydrogen) atoms. The smallest absolute Gasteiger partial charge is 0.327 e. The Morgan fingerprint density at radius 3 is 2.42 bits per heavy atom. The number of carbonyl (C=O) groups excluding carboxylic acids is 1. The van der Waals surface area contributed by atoms with Crippen molar-refractivity contribution in [3.8, 4) is 0 Å². The molecular weight excluding hydrogens is 266 g/mol. The third kappa shape index (κ3) is 5.32. The monoisotopic (exact) mass is 283 g/mol. The number of hydrogen-bond donors (Lipinski definition) is 3. The standard InChI is InChI=1S/C13H17NO4S/c1-9(16)14-11(13(17)18)8-19-12(7-15)10-5-3-2-4-6-10/h2-6,11-12,15H,7-8H2,1H3,(H,14,16)(H,17,18)/t11-,12?/m1/s1. The quantitative estimate of drug-likeness (QED) is 0.696. The first-order valence-corrected chi connectivity index (χ1v) is 6.86. The van der Waals surface area contributed by atoms with Gasteiger partial charge in [-0.1, -0.05) is 30.3 Å². The lowest BCUT2D eigenvalue weighted by molar-refractivity contribution is -0.140. The van der Waals surface area contributed by atoms with Crippen LogP contribution >= 0.6 is 11.8 Å². The minimum atomic E-state index is -1.08. The summed E-state index contributed by atoms with van der Waals surface area (Å²) in [4.78, 5) is 21.9. The van der Waals surface area contributed by atoms with E-state index in [0.717, 1.165) is 5.56 Å². The fourth-order valence-corrected chi connectivity index (χ4v) is 2.66. The van der Waals surface area contributed by atoms with E-state index in [4.69, 9.17) is 5.11 Å². The molecule has 0 aliphatic heterocycles. The average Bonchev–Trinajstić information content (AvgIpc) is 2.38. The van der Waals surface area contributed by atoms with Crippen LogP contribution in [0, 0.1) is 0 Å². The highest BCUT2D eigenvalue weighted by Crippen LogP contribution is 2.28. The van der Waals surface area contributed by atoms with Crippen molar-refractivity contribution < 1.29 is 19.8 Å². The van der Waals surface area contributed by atoms with Crippen LogP contribution in [0.25, 0.3) is 0 Å². The minimum absolute atomic E-state index is 0.0823. The Morgan fingerprint density at radius 1 is 1.32 bits per heavy atom. The van der Waals surface area contributed by atoms with Gasteiger partial charge >= 0.3 is 5.97 Å². The lowest BCUT2D eigenvalue weighted by Gasteiger charge is -2.18. The number of aliphatic hydroxyl groups excluding tert-OH is 1. The second kappa shape index (κ2) is 7.81. The Morgan fingerprint density at radius 2 is 1.95 bits per heavy atom. The zero-order valence-corrected chi connectivity index (χ0v) is 11.4. The van der Waals surface area contributed by atoms with E-state index in [1.807, 2.05) is 30.3 Å². The molecule has 0 radical (unpaired) electrons. The van der Waals surface area contributed by atoms with Crippen molar-refractivity contribution in [2.75, 3.05) is 12.4 Å². The number of thioether (sulfide) groups is 1. The Kier molecular flexibility index (Phi) is 6.38. The molecule has 6 heteroatoms. The van der Waals surface area contributed by atoms with Gasteiger partial charge in [0.2, 0.25) is 5.91 Å². The first-order chi connectivity index (χ1) is 9.04. The van der Waals surface area contributed by atoms with E-state index < -0.39 is 12.0 Å². The first kappa shape index (κ1) is 15.5. The highest BCUT2D eigenvalue weighted by Gasteiger charge is 2.21. The number of aliphatic carboxylic acids is 1. The summed E-state index contributed by atoms with van der Waals surface area (Å²) in [6.45, 7) is 1.20. The number of nitrogens with one attached hydrogen (secondary N) is 1. The Bertz CT molecular complexity index is 424. The van der Waals surface area contributed by atoms with E-state index in [1.165, 1.54) is 18.7 Å². The van der Waals surface area contributed by atoms with Crippen molar-refractivity contribution in [3.05, 3.63) is 35.9 Å². The van der Waals surface area contributed by atoms with Crippen LogP contribution in [0.5, 0.6) is 0 Å². The van der Waals surface area contributed by atoms with Crippen molar-refractivity contribution in [1.29, 1.82) is 0 Å². The highest BCUT2D eigenvalue weighted by atomic mass is 32.2. The maximum Gasteiger partial charge on any atom is 0.327 e. The van der Waals surface area contributed by atoms with Crippen LogP contribution in [0.15, 0.2) is 30.3 Å². The first-order valence-electron chi connectivity index (χ1n) is 5.82. The summed E-state index contributed by atoms with van der Waals surface area (Å²) in [5.41, 5.74) is 0.932. The number of amides is 1. The van der Waals surface area contributed by atoms with Crippen molar-refractivity contribution >= 4 is 23.6 Å². The van der Waals surface area contributed by atoms with Crippen LogP contribution in [-0.4, -0.2) is 40.5 Å². The van der Waals surface area contributed by atoms with Gasteiger partial charge in [0, 0.05) is 12.7 Å².